The number of morpholine rings is 1. The van der Waals surface area contributed by atoms with Crippen LogP contribution in [0.2, 0.25) is 0 Å². The van der Waals surface area contributed by atoms with Gasteiger partial charge in [0.1, 0.15) is 13.1 Å². The minimum Gasteiger partial charge on any atom is -0.370 e. The maximum absolute atomic E-state index is 13.0. The number of hydrogen-bond acceptors (Lipinski definition) is 3. The Morgan fingerprint density at radius 2 is 1.73 bits per heavy atom. The molecule has 0 amide bonds. The molecule has 0 aliphatic carbocycles. The summed E-state index contributed by atoms with van der Waals surface area (Å²) in [4.78, 5) is 1.67. The third-order valence-corrected chi connectivity index (χ3v) is 6.45. The quantitative estimate of drug-likeness (QED) is 0.799. The van der Waals surface area contributed by atoms with Gasteiger partial charge in [-0.15, -0.1) is 0 Å². The molecule has 1 heterocycles. The van der Waals surface area contributed by atoms with Crippen molar-refractivity contribution in [2.24, 2.45) is 0 Å². The minimum atomic E-state index is -3.59. The molecule has 0 unspecified atom stereocenters. The first-order valence-electron chi connectivity index (χ1n) is 9.01. The molecule has 26 heavy (non-hydrogen) atoms. The van der Waals surface area contributed by atoms with Gasteiger partial charge >= 0.3 is 0 Å². The summed E-state index contributed by atoms with van der Waals surface area (Å²) in [6, 6.07) is 14.8. The maximum atomic E-state index is 13.0. The van der Waals surface area contributed by atoms with Crippen molar-refractivity contribution >= 4 is 10.0 Å². The van der Waals surface area contributed by atoms with E-state index < -0.39 is 10.0 Å². The molecule has 1 saturated heterocycles. The van der Waals surface area contributed by atoms with Crippen molar-refractivity contribution < 1.29 is 18.1 Å². The van der Waals surface area contributed by atoms with Crippen molar-refractivity contribution in [1.82, 2.24) is 4.72 Å². The van der Waals surface area contributed by atoms with Crippen molar-refractivity contribution in [2.45, 2.75) is 24.8 Å². The van der Waals surface area contributed by atoms with Gasteiger partial charge in [0.25, 0.3) is 0 Å². The Morgan fingerprint density at radius 1 is 1.04 bits per heavy atom. The fourth-order valence-corrected chi connectivity index (χ4v) is 4.51. The van der Waals surface area contributed by atoms with E-state index in [0.717, 1.165) is 43.0 Å². The molecule has 5 nitrogen and oxygen atoms in total. The largest absolute Gasteiger partial charge is 0.370 e. The van der Waals surface area contributed by atoms with Gasteiger partial charge in [-0.05, 0) is 42.7 Å². The first-order chi connectivity index (χ1) is 12.5. The van der Waals surface area contributed by atoms with E-state index in [9.17, 15) is 8.42 Å². The van der Waals surface area contributed by atoms with Crippen LogP contribution in [-0.2, 0) is 14.8 Å². The molecule has 3 rings (SSSR count). The third kappa shape index (κ3) is 4.71. The fraction of sp³-hybridized carbons (Fsp3) is 0.400. The molecule has 1 fully saturated rings. The van der Waals surface area contributed by atoms with Crippen LogP contribution in [0, 0.1) is 13.8 Å². The summed E-state index contributed by atoms with van der Waals surface area (Å²) in [6.07, 6.45) is 0. The highest BCUT2D eigenvalue weighted by atomic mass is 32.2. The number of ether oxygens (including phenoxy) is 1. The molecule has 0 spiro atoms. The van der Waals surface area contributed by atoms with Gasteiger partial charge in [0, 0.05) is 0 Å². The Bertz CT molecular complexity index is 831. The zero-order chi connectivity index (χ0) is 18.6. The molecular weight excluding hydrogens is 348 g/mol. The van der Waals surface area contributed by atoms with Gasteiger partial charge in [0.2, 0.25) is 10.0 Å². The number of rotatable bonds is 6. The highest BCUT2D eigenvalue weighted by molar-refractivity contribution is 7.89. The first kappa shape index (κ1) is 19.0. The van der Waals surface area contributed by atoms with Gasteiger partial charge in [-0.2, -0.15) is 4.72 Å². The number of nitrogens with one attached hydrogen (secondary N) is 2. The number of aryl methyl sites for hydroxylation is 2. The summed E-state index contributed by atoms with van der Waals surface area (Å²) in [5, 5.41) is 0. The lowest BCUT2D eigenvalue weighted by Gasteiger charge is -2.28. The van der Waals surface area contributed by atoms with Crippen LogP contribution in [0.5, 0.6) is 0 Å². The topological polar surface area (TPSA) is 59.8 Å². The Hall–Kier alpha value is -1.73. The van der Waals surface area contributed by atoms with Crippen LogP contribution in [0.25, 0.3) is 0 Å². The molecule has 1 aliphatic rings. The molecule has 0 radical (unpaired) electrons. The minimum absolute atomic E-state index is 0.268. The molecule has 0 bridgehead atoms. The van der Waals surface area contributed by atoms with Crippen molar-refractivity contribution in [3.05, 3.63) is 65.2 Å². The first-order valence-corrected chi connectivity index (χ1v) is 10.5. The normalized spacial score (nSPS) is 17.2. The van der Waals surface area contributed by atoms with Crippen LogP contribution in [0.15, 0.2) is 53.4 Å². The predicted octanol–water partition coefficient (Wildman–Crippen LogP) is 1.24. The lowest BCUT2D eigenvalue weighted by molar-refractivity contribution is -0.909. The van der Waals surface area contributed by atoms with Gasteiger partial charge in [0.05, 0.1) is 30.7 Å². The Morgan fingerprint density at radius 3 is 2.38 bits per heavy atom. The molecule has 2 aromatic carbocycles. The average molecular weight is 376 g/mol. The monoisotopic (exact) mass is 375 g/mol. The van der Waals surface area contributed by atoms with Gasteiger partial charge < -0.3 is 9.64 Å². The van der Waals surface area contributed by atoms with E-state index >= 15 is 0 Å². The van der Waals surface area contributed by atoms with E-state index in [1.165, 1.54) is 4.90 Å². The molecule has 1 atom stereocenters. The molecule has 0 saturated carbocycles. The summed E-state index contributed by atoms with van der Waals surface area (Å²) < 4.78 is 34.3. The van der Waals surface area contributed by atoms with Gasteiger partial charge in [-0.3, -0.25) is 0 Å². The fourth-order valence-electron chi connectivity index (χ4n) is 3.20. The molecule has 140 valence electrons. The Balaban J connectivity index is 1.85. The van der Waals surface area contributed by atoms with E-state index in [1.54, 1.807) is 12.1 Å². The van der Waals surface area contributed by atoms with E-state index in [2.05, 4.69) is 4.72 Å². The van der Waals surface area contributed by atoms with Gasteiger partial charge in [0.15, 0.2) is 0 Å². The zero-order valence-electron chi connectivity index (χ0n) is 15.4. The van der Waals surface area contributed by atoms with Crippen LogP contribution in [-0.4, -0.2) is 41.3 Å². The molecule has 1 aliphatic heterocycles. The molecule has 2 aromatic rings. The summed E-state index contributed by atoms with van der Waals surface area (Å²) in [6.45, 7) is 7.86. The summed E-state index contributed by atoms with van der Waals surface area (Å²) in [5.74, 6) is 0. The summed E-state index contributed by atoms with van der Waals surface area (Å²) in [5.41, 5.74) is 3.04. The van der Waals surface area contributed by atoms with E-state index in [1.807, 2.05) is 50.2 Å². The molecular formula is C20H27N2O3S+. The van der Waals surface area contributed by atoms with Crippen LogP contribution >= 0.6 is 0 Å². The molecule has 2 N–H and O–H groups in total. The second kappa shape index (κ2) is 8.31. The third-order valence-electron chi connectivity index (χ3n) is 4.98. The van der Waals surface area contributed by atoms with Crippen molar-refractivity contribution in [3.8, 4) is 0 Å². The van der Waals surface area contributed by atoms with E-state index in [-0.39, 0.29) is 6.04 Å². The predicted molar refractivity (Wildman–Crippen MR) is 102 cm³/mol. The standard InChI is InChI=1S/C20H26N2O3S/c1-16-8-9-19(14-17(16)2)26(23,24)21-20(18-6-4-3-5-7-18)15-22-10-12-25-13-11-22/h3-9,14,20-21H,10-13,15H2,1-2H3/p+1/t20-/m1/s1. The van der Waals surface area contributed by atoms with Crippen molar-refractivity contribution in [3.63, 3.8) is 0 Å². The van der Waals surface area contributed by atoms with Crippen LogP contribution in [0.3, 0.4) is 0 Å². The molecule has 0 aromatic heterocycles. The highest BCUT2D eigenvalue weighted by Gasteiger charge is 2.26. The Labute approximate surface area is 156 Å². The second-order valence-electron chi connectivity index (χ2n) is 6.90. The zero-order valence-corrected chi connectivity index (χ0v) is 16.2. The lowest BCUT2D eigenvalue weighted by atomic mass is 10.1. The van der Waals surface area contributed by atoms with Crippen LogP contribution in [0.1, 0.15) is 22.7 Å². The molecule has 6 heteroatoms. The van der Waals surface area contributed by atoms with Gasteiger partial charge in [-0.25, -0.2) is 8.42 Å². The Kier molecular flexibility index (Phi) is 6.09. The van der Waals surface area contributed by atoms with Crippen molar-refractivity contribution in [2.75, 3.05) is 32.8 Å². The number of quaternary nitrogens is 1. The van der Waals surface area contributed by atoms with E-state index in [0.29, 0.717) is 11.4 Å². The smallest absolute Gasteiger partial charge is 0.241 e. The van der Waals surface area contributed by atoms with E-state index in [4.69, 9.17) is 4.74 Å². The number of benzene rings is 2. The second-order valence-corrected chi connectivity index (χ2v) is 8.61. The lowest BCUT2D eigenvalue weighted by Crippen LogP contribution is -3.14. The van der Waals surface area contributed by atoms with Gasteiger partial charge in [-0.1, -0.05) is 36.4 Å². The summed E-state index contributed by atoms with van der Waals surface area (Å²) in [7, 11) is -3.59. The van der Waals surface area contributed by atoms with Crippen molar-refractivity contribution in [1.29, 1.82) is 0 Å². The highest BCUT2D eigenvalue weighted by Crippen LogP contribution is 2.19. The summed E-state index contributed by atoms with van der Waals surface area (Å²) >= 11 is 0. The van der Waals surface area contributed by atoms with Crippen LogP contribution in [0.4, 0.5) is 0 Å². The average Bonchev–Trinajstić information content (AvgIpc) is 2.65. The SMILES string of the molecule is Cc1ccc(S(=O)(=O)N[C@H](C[NH+]2CCOCC2)c2ccccc2)cc1C. The maximum Gasteiger partial charge on any atom is 0.241 e. The number of hydrogen-bond donors (Lipinski definition) is 2. The number of sulfonamides is 1. The van der Waals surface area contributed by atoms with Crippen LogP contribution < -0.4 is 9.62 Å².